The van der Waals surface area contributed by atoms with Crippen LogP contribution in [0.25, 0.3) is 0 Å². The van der Waals surface area contributed by atoms with Gasteiger partial charge in [0.2, 0.25) is 0 Å². The molecule has 0 saturated heterocycles. The van der Waals surface area contributed by atoms with Crippen molar-refractivity contribution in [2.24, 2.45) is 15.2 Å². The summed E-state index contributed by atoms with van der Waals surface area (Å²) in [4.78, 5) is 0.273. The molecule has 0 fully saturated rings. The molecule has 0 radical (unpaired) electrons. The quantitative estimate of drug-likeness (QED) is 0.659. The molecule has 0 saturated carbocycles. The maximum Gasteiger partial charge on any atom is 0.285 e. The van der Waals surface area contributed by atoms with Gasteiger partial charge in [0.05, 0.1) is 0 Å². The van der Waals surface area contributed by atoms with E-state index in [1.54, 1.807) is 0 Å². The summed E-state index contributed by atoms with van der Waals surface area (Å²) in [5.74, 6) is 0.481. The fourth-order valence-corrected chi connectivity index (χ4v) is 3.22. The van der Waals surface area contributed by atoms with Crippen LogP contribution in [0.1, 0.15) is 41.5 Å². The molecule has 1 rings (SSSR count). The Kier molecular flexibility index (Phi) is 2.96. The average Bonchev–Trinajstić information content (AvgIpc) is 1.97. The Bertz CT molecular complexity index is 445. The minimum Gasteiger partial charge on any atom is -0.448 e. The van der Waals surface area contributed by atoms with E-state index in [9.17, 15) is 8.42 Å². The summed E-state index contributed by atoms with van der Waals surface area (Å²) in [6, 6.07) is 0. The summed E-state index contributed by atoms with van der Waals surface area (Å²) in [6.45, 7) is 11.3. The number of sulfonamides is 1. The summed E-state index contributed by atoms with van der Waals surface area (Å²) in [5, 5.41) is 0. The van der Waals surface area contributed by atoms with Gasteiger partial charge in [-0.15, -0.1) is 4.40 Å². The number of ether oxygens (including phenoxy) is 1. The van der Waals surface area contributed by atoms with Crippen LogP contribution in [-0.4, -0.2) is 14.8 Å². The number of allylic oxidation sites excluding steroid dienone is 2. The lowest BCUT2D eigenvalue weighted by atomic mass is 9.86. The molecule has 0 aliphatic carbocycles. The van der Waals surface area contributed by atoms with Crippen LogP contribution in [0.15, 0.2) is 15.1 Å². The van der Waals surface area contributed by atoms with E-state index in [2.05, 4.69) is 4.40 Å². The Morgan fingerprint density at radius 2 is 1.56 bits per heavy atom. The van der Waals surface area contributed by atoms with Gasteiger partial charge < -0.3 is 4.74 Å². The molecule has 1 aliphatic heterocycles. The molecule has 16 heavy (non-hydrogen) atoms. The molecule has 0 atom stereocenters. The zero-order chi connectivity index (χ0) is 12.8. The lowest BCUT2D eigenvalue weighted by Crippen LogP contribution is -2.28. The predicted molar refractivity (Wildman–Crippen MR) is 64.4 cm³/mol. The van der Waals surface area contributed by atoms with E-state index in [1.807, 2.05) is 41.5 Å². The topological polar surface area (TPSA) is 55.7 Å². The molecule has 0 bridgehead atoms. The first kappa shape index (κ1) is 13.2. The van der Waals surface area contributed by atoms with Crippen LogP contribution in [0.4, 0.5) is 0 Å². The monoisotopic (exact) mass is 245 g/mol. The van der Waals surface area contributed by atoms with E-state index in [0.29, 0.717) is 5.76 Å². The van der Waals surface area contributed by atoms with Gasteiger partial charge in [0.1, 0.15) is 10.7 Å². The van der Waals surface area contributed by atoms with Crippen molar-refractivity contribution in [2.75, 3.05) is 0 Å². The van der Waals surface area contributed by atoms with E-state index < -0.39 is 15.4 Å². The molecule has 1 heterocycles. The van der Waals surface area contributed by atoms with Crippen molar-refractivity contribution in [1.29, 1.82) is 0 Å². The van der Waals surface area contributed by atoms with Gasteiger partial charge >= 0.3 is 0 Å². The van der Waals surface area contributed by atoms with Crippen LogP contribution in [0.2, 0.25) is 0 Å². The zero-order valence-electron chi connectivity index (χ0n) is 10.7. The summed E-state index contributed by atoms with van der Waals surface area (Å²) in [7, 11) is -3.59. The van der Waals surface area contributed by atoms with Crippen LogP contribution in [0.5, 0.6) is 0 Å². The van der Waals surface area contributed by atoms with Crippen molar-refractivity contribution < 1.29 is 13.2 Å². The fourth-order valence-electron chi connectivity index (χ4n) is 1.60. The molecule has 0 amide bonds. The van der Waals surface area contributed by atoms with Gasteiger partial charge in [-0.3, -0.25) is 0 Å². The van der Waals surface area contributed by atoms with E-state index in [1.165, 1.54) is 0 Å². The smallest absolute Gasteiger partial charge is 0.285 e. The fraction of sp³-hybridized carbons (Fsp3) is 0.727. The number of nitrogens with zero attached hydrogens (tertiary/aromatic N) is 1. The van der Waals surface area contributed by atoms with Crippen molar-refractivity contribution in [1.82, 2.24) is 0 Å². The third kappa shape index (κ3) is 2.45. The van der Waals surface area contributed by atoms with E-state index >= 15 is 0 Å². The highest BCUT2D eigenvalue weighted by atomic mass is 32.2. The third-order valence-corrected chi connectivity index (χ3v) is 3.86. The molecule has 92 valence electrons. The van der Waals surface area contributed by atoms with Gasteiger partial charge in [-0.05, 0) is 0 Å². The molecule has 0 spiro atoms. The van der Waals surface area contributed by atoms with Crippen molar-refractivity contribution in [2.45, 2.75) is 41.5 Å². The lowest BCUT2D eigenvalue weighted by Gasteiger charge is -2.31. The first-order chi connectivity index (χ1) is 6.96. The number of rotatable bonds is 0. The standard InChI is InChI=1S/C11H19NO3S/c1-10(2,3)8-9(11(4,5)6)16(13,14)12-7-15-8/h7H,1-6H3. The highest BCUT2D eigenvalue weighted by Gasteiger charge is 2.39. The maximum atomic E-state index is 11.9. The average molecular weight is 245 g/mol. The van der Waals surface area contributed by atoms with Crippen LogP contribution < -0.4 is 0 Å². The van der Waals surface area contributed by atoms with Gasteiger partial charge in [-0.25, -0.2) is 0 Å². The maximum absolute atomic E-state index is 11.9. The first-order valence-corrected chi connectivity index (χ1v) is 6.61. The Balaban J connectivity index is 3.54. The van der Waals surface area contributed by atoms with E-state index in [0.717, 1.165) is 6.40 Å². The minimum atomic E-state index is -3.59. The number of hydrogen-bond acceptors (Lipinski definition) is 3. The van der Waals surface area contributed by atoms with Gasteiger partial charge in [0.25, 0.3) is 10.0 Å². The Labute approximate surface area is 97.5 Å². The molecule has 0 aromatic carbocycles. The number of hydrogen-bond donors (Lipinski definition) is 0. The Hall–Kier alpha value is -0.840. The second kappa shape index (κ2) is 3.58. The van der Waals surface area contributed by atoms with Crippen molar-refractivity contribution >= 4 is 16.4 Å². The molecule has 4 nitrogen and oxygen atoms in total. The molecule has 0 aromatic heterocycles. The van der Waals surface area contributed by atoms with Crippen LogP contribution >= 0.6 is 0 Å². The highest BCUT2D eigenvalue weighted by Crippen LogP contribution is 2.41. The summed E-state index contributed by atoms with van der Waals surface area (Å²) < 4.78 is 32.7. The normalized spacial score (nSPS) is 20.9. The molecule has 5 heteroatoms. The van der Waals surface area contributed by atoms with Crippen molar-refractivity contribution in [3.8, 4) is 0 Å². The lowest BCUT2D eigenvalue weighted by molar-refractivity contribution is 0.276. The van der Waals surface area contributed by atoms with Crippen molar-refractivity contribution in [3.63, 3.8) is 0 Å². The molecular weight excluding hydrogens is 226 g/mol. The first-order valence-electron chi connectivity index (χ1n) is 5.17. The predicted octanol–water partition coefficient (Wildman–Crippen LogP) is 2.68. The second-order valence-electron chi connectivity index (χ2n) is 5.96. The molecule has 0 aromatic rings. The van der Waals surface area contributed by atoms with Crippen LogP contribution in [0.3, 0.4) is 0 Å². The molecule has 0 unspecified atom stereocenters. The molecule has 1 aliphatic rings. The van der Waals surface area contributed by atoms with Gasteiger partial charge in [0.15, 0.2) is 6.40 Å². The minimum absolute atomic E-state index is 0.273. The largest absolute Gasteiger partial charge is 0.448 e. The molecular formula is C11H19NO3S. The van der Waals surface area contributed by atoms with E-state index in [4.69, 9.17) is 4.74 Å². The summed E-state index contributed by atoms with van der Waals surface area (Å²) >= 11 is 0. The zero-order valence-corrected chi connectivity index (χ0v) is 11.5. The van der Waals surface area contributed by atoms with Gasteiger partial charge in [0, 0.05) is 10.8 Å². The SMILES string of the molecule is CC(C)(C)C1=C(C(C)(C)C)S(=O)(=O)N=CO1. The van der Waals surface area contributed by atoms with Crippen LogP contribution in [0, 0.1) is 10.8 Å². The summed E-state index contributed by atoms with van der Waals surface area (Å²) in [5.41, 5.74) is -0.874. The Morgan fingerprint density at radius 1 is 1.06 bits per heavy atom. The van der Waals surface area contributed by atoms with Gasteiger partial charge in [-0.1, -0.05) is 41.5 Å². The second-order valence-corrected chi connectivity index (χ2v) is 7.53. The highest BCUT2D eigenvalue weighted by molar-refractivity contribution is 7.94. The van der Waals surface area contributed by atoms with Crippen molar-refractivity contribution in [3.05, 3.63) is 10.7 Å². The summed E-state index contributed by atoms with van der Waals surface area (Å²) in [6.07, 6.45) is 1.01. The Morgan fingerprint density at radius 3 is 1.88 bits per heavy atom. The molecule has 0 N–H and O–H groups in total. The van der Waals surface area contributed by atoms with Gasteiger partial charge in [-0.2, -0.15) is 8.42 Å². The van der Waals surface area contributed by atoms with Crippen LogP contribution in [-0.2, 0) is 14.8 Å². The third-order valence-electron chi connectivity index (χ3n) is 2.18. The van der Waals surface area contributed by atoms with E-state index in [-0.39, 0.29) is 10.3 Å².